The molecule has 4 nitrogen and oxygen atoms in total. The molecule has 0 spiro atoms. The quantitative estimate of drug-likeness (QED) is 0.0805. The first kappa shape index (κ1) is 32.9. The van der Waals surface area contributed by atoms with Crippen molar-refractivity contribution >= 4 is 5.97 Å². The molecule has 0 saturated carbocycles. The first-order valence-electron chi connectivity index (χ1n) is 15.7. The zero-order valence-corrected chi connectivity index (χ0v) is 25.3. The molecule has 218 valence electrons. The van der Waals surface area contributed by atoms with Gasteiger partial charge in [-0.1, -0.05) is 114 Å². The second-order valence-electron chi connectivity index (χ2n) is 11.8. The summed E-state index contributed by atoms with van der Waals surface area (Å²) in [5, 5.41) is 0. The van der Waals surface area contributed by atoms with Crippen LogP contribution in [0.2, 0.25) is 0 Å². The molecule has 0 amide bonds. The van der Waals surface area contributed by atoms with Crippen molar-refractivity contribution in [1.82, 2.24) is 0 Å². The van der Waals surface area contributed by atoms with E-state index in [0.29, 0.717) is 26.1 Å². The molecular formula is C35H56NO3+. The number of quaternary nitrogens is 1. The van der Waals surface area contributed by atoms with E-state index >= 15 is 0 Å². The zero-order chi connectivity index (χ0) is 28.0. The first-order valence-corrected chi connectivity index (χ1v) is 15.7. The fraction of sp³-hybridized carbons (Fsp3) is 0.629. The monoisotopic (exact) mass is 538 g/mol. The molecular weight excluding hydrogens is 482 g/mol. The lowest BCUT2D eigenvalue weighted by atomic mass is 10.0. The third-order valence-electron chi connectivity index (χ3n) is 7.39. The number of hydrogen-bond donors (Lipinski definition) is 0. The van der Waals surface area contributed by atoms with Crippen molar-refractivity contribution in [3.8, 4) is 5.75 Å². The third kappa shape index (κ3) is 17.1. The summed E-state index contributed by atoms with van der Waals surface area (Å²) in [6, 6.07) is 19.0. The molecule has 0 fully saturated rings. The Bertz CT molecular complexity index is 880. The van der Waals surface area contributed by atoms with Crippen LogP contribution >= 0.6 is 0 Å². The van der Waals surface area contributed by atoms with Crippen LogP contribution in [-0.4, -0.2) is 44.3 Å². The molecule has 2 aromatic carbocycles. The molecule has 0 heterocycles. The molecule has 0 radical (unpaired) electrons. The Hall–Kier alpha value is -2.33. The van der Waals surface area contributed by atoms with E-state index in [-0.39, 0.29) is 5.97 Å². The normalized spacial score (nSPS) is 11.5. The number of aryl methyl sites for hydroxylation is 1. The third-order valence-corrected chi connectivity index (χ3v) is 7.39. The van der Waals surface area contributed by atoms with Crippen LogP contribution in [0, 0.1) is 0 Å². The summed E-state index contributed by atoms with van der Waals surface area (Å²) < 4.78 is 12.2. The maximum absolute atomic E-state index is 12.1. The van der Waals surface area contributed by atoms with Gasteiger partial charge < -0.3 is 14.0 Å². The summed E-state index contributed by atoms with van der Waals surface area (Å²) in [7, 11) is 4.42. The Labute approximate surface area is 239 Å². The van der Waals surface area contributed by atoms with E-state index in [1.807, 2.05) is 12.1 Å². The number of unbranched alkanes of at least 4 members (excludes halogenated alkanes) is 10. The van der Waals surface area contributed by atoms with Crippen molar-refractivity contribution in [3.05, 3.63) is 65.7 Å². The summed E-state index contributed by atoms with van der Waals surface area (Å²) in [5.41, 5.74) is 2.67. The van der Waals surface area contributed by atoms with E-state index in [1.165, 1.54) is 81.8 Å². The van der Waals surface area contributed by atoms with Crippen LogP contribution in [-0.2, 0) is 22.5 Å². The SMILES string of the molecule is CCCCCCCCCCCCCc1cccc(OCCCOC(=O)CCC[N+](C)(C)Cc2ccccc2)c1. The van der Waals surface area contributed by atoms with Gasteiger partial charge in [-0.15, -0.1) is 0 Å². The number of hydrogen-bond acceptors (Lipinski definition) is 3. The van der Waals surface area contributed by atoms with Crippen LogP contribution in [0.1, 0.15) is 108 Å². The van der Waals surface area contributed by atoms with Gasteiger partial charge in [-0.25, -0.2) is 0 Å². The summed E-state index contributed by atoms with van der Waals surface area (Å²) in [6.07, 6.45) is 18.2. The molecule has 0 N–H and O–H groups in total. The highest BCUT2D eigenvalue weighted by atomic mass is 16.5. The standard InChI is InChI=1S/C35H56NO3/c1-4-5-6-7-8-9-10-11-12-13-15-21-32-24-18-25-34(30-32)38-28-20-29-39-35(37)26-19-27-36(2,3)31-33-22-16-14-17-23-33/h14,16-18,22-25,30H,4-13,15,19-21,26-29,31H2,1-3H3/q+1. The molecule has 0 saturated heterocycles. The van der Waals surface area contributed by atoms with Gasteiger partial charge in [0.05, 0.1) is 40.3 Å². The maximum Gasteiger partial charge on any atom is 0.306 e. The molecule has 0 aliphatic rings. The van der Waals surface area contributed by atoms with Gasteiger partial charge in [0.1, 0.15) is 12.3 Å². The van der Waals surface area contributed by atoms with E-state index in [1.54, 1.807) is 0 Å². The van der Waals surface area contributed by atoms with Crippen molar-refractivity contribution < 1.29 is 18.8 Å². The van der Waals surface area contributed by atoms with Gasteiger partial charge in [0, 0.05) is 18.4 Å². The molecule has 0 bridgehead atoms. The lowest BCUT2D eigenvalue weighted by molar-refractivity contribution is -0.903. The van der Waals surface area contributed by atoms with Crippen molar-refractivity contribution in [3.63, 3.8) is 0 Å². The molecule has 0 atom stereocenters. The molecule has 0 aliphatic carbocycles. The number of ether oxygens (including phenoxy) is 2. The molecule has 4 heteroatoms. The summed E-state index contributed by atoms with van der Waals surface area (Å²) in [6.45, 7) is 5.17. The second-order valence-corrected chi connectivity index (χ2v) is 11.8. The van der Waals surface area contributed by atoms with Gasteiger partial charge in [-0.3, -0.25) is 4.79 Å². The van der Waals surface area contributed by atoms with Crippen molar-refractivity contribution in [2.75, 3.05) is 33.9 Å². The number of nitrogens with zero attached hydrogens (tertiary/aromatic N) is 1. The lowest BCUT2D eigenvalue weighted by Gasteiger charge is -2.29. The van der Waals surface area contributed by atoms with Gasteiger partial charge in [0.15, 0.2) is 0 Å². The Morgan fingerprint density at radius 2 is 1.33 bits per heavy atom. The lowest BCUT2D eigenvalue weighted by Crippen LogP contribution is -2.39. The van der Waals surface area contributed by atoms with E-state index in [2.05, 4.69) is 63.5 Å². The molecule has 2 rings (SSSR count). The number of carbonyl (C=O) groups is 1. The Morgan fingerprint density at radius 1 is 0.692 bits per heavy atom. The number of rotatable bonds is 23. The minimum absolute atomic E-state index is 0.108. The van der Waals surface area contributed by atoms with Crippen LogP contribution in [0.25, 0.3) is 0 Å². The minimum Gasteiger partial charge on any atom is -0.493 e. The molecule has 39 heavy (non-hydrogen) atoms. The number of carbonyl (C=O) groups excluding carboxylic acids is 1. The van der Waals surface area contributed by atoms with Crippen LogP contribution in [0.15, 0.2) is 54.6 Å². The number of esters is 1. The van der Waals surface area contributed by atoms with Crippen molar-refractivity contribution in [1.29, 1.82) is 0 Å². The fourth-order valence-corrected chi connectivity index (χ4v) is 5.10. The average molecular weight is 539 g/mol. The van der Waals surface area contributed by atoms with E-state index in [4.69, 9.17) is 9.47 Å². The van der Waals surface area contributed by atoms with Crippen LogP contribution in [0.4, 0.5) is 0 Å². The predicted molar refractivity (Wildman–Crippen MR) is 164 cm³/mol. The summed E-state index contributed by atoms with van der Waals surface area (Å²) >= 11 is 0. The minimum atomic E-state index is -0.108. The zero-order valence-electron chi connectivity index (χ0n) is 25.3. The smallest absolute Gasteiger partial charge is 0.306 e. The summed E-state index contributed by atoms with van der Waals surface area (Å²) in [5.74, 6) is 0.809. The van der Waals surface area contributed by atoms with Crippen molar-refractivity contribution in [2.24, 2.45) is 0 Å². The van der Waals surface area contributed by atoms with Gasteiger partial charge >= 0.3 is 5.97 Å². The Morgan fingerprint density at radius 3 is 2.03 bits per heavy atom. The molecule has 0 unspecified atom stereocenters. The maximum atomic E-state index is 12.1. The van der Waals surface area contributed by atoms with Gasteiger partial charge in [0.25, 0.3) is 0 Å². The van der Waals surface area contributed by atoms with E-state index < -0.39 is 0 Å². The van der Waals surface area contributed by atoms with Gasteiger partial charge in [-0.2, -0.15) is 0 Å². The molecule has 0 aromatic heterocycles. The molecule has 2 aromatic rings. The highest BCUT2D eigenvalue weighted by Crippen LogP contribution is 2.17. The van der Waals surface area contributed by atoms with E-state index in [0.717, 1.165) is 36.2 Å². The van der Waals surface area contributed by atoms with Gasteiger partial charge in [-0.05, 0) is 30.5 Å². The highest BCUT2D eigenvalue weighted by Gasteiger charge is 2.16. The Balaban J connectivity index is 1.47. The molecule has 0 aliphatic heterocycles. The van der Waals surface area contributed by atoms with Crippen LogP contribution < -0.4 is 4.74 Å². The second kappa shape index (κ2) is 20.6. The summed E-state index contributed by atoms with van der Waals surface area (Å²) in [4.78, 5) is 12.1. The average Bonchev–Trinajstić information content (AvgIpc) is 2.92. The fourth-order valence-electron chi connectivity index (χ4n) is 5.10. The first-order chi connectivity index (χ1) is 19.0. The van der Waals surface area contributed by atoms with Crippen LogP contribution in [0.5, 0.6) is 5.75 Å². The number of benzene rings is 2. The van der Waals surface area contributed by atoms with Crippen LogP contribution in [0.3, 0.4) is 0 Å². The predicted octanol–water partition coefficient (Wildman–Crippen LogP) is 8.91. The van der Waals surface area contributed by atoms with Crippen molar-refractivity contribution in [2.45, 2.75) is 110 Å². The van der Waals surface area contributed by atoms with Gasteiger partial charge in [0.2, 0.25) is 0 Å². The highest BCUT2D eigenvalue weighted by molar-refractivity contribution is 5.69. The Kier molecular flexibility index (Phi) is 17.3. The topological polar surface area (TPSA) is 35.5 Å². The largest absolute Gasteiger partial charge is 0.493 e. The van der Waals surface area contributed by atoms with E-state index in [9.17, 15) is 4.79 Å².